The van der Waals surface area contributed by atoms with Gasteiger partial charge in [-0.2, -0.15) is 0 Å². The van der Waals surface area contributed by atoms with Gasteiger partial charge in [-0.15, -0.1) is 0 Å². The van der Waals surface area contributed by atoms with Crippen molar-refractivity contribution < 1.29 is 28.0 Å². The number of benzene rings is 2. The van der Waals surface area contributed by atoms with E-state index in [4.69, 9.17) is 0 Å². The number of nitrogens with zero attached hydrogens (tertiary/aromatic N) is 2. The Labute approximate surface area is 170 Å². The second-order valence-corrected chi connectivity index (χ2v) is 7.28. The monoisotopic (exact) mass is 413 g/mol. The molecule has 1 fully saturated rings. The van der Waals surface area contributed by atoms with Gasteiger partial charge >= 0.3 is 0 Å². The summed E-state index contributed by atoms with van der Waals surface area (Å²) in [4.78, 5) is 51.4. The molecule has 4 amide bonds. The van der Waals surface area contributed by atoms with Crippen LogP contribution in [0.3, 0.4) is 0 Å². The molecule has 9 heteroatoms. The quantitative estimate of drug-likeness (QED) is 0.775. The summed E-state index contributed by atoms with van der Waals surface area (Å²) in [5.41, 5.74) is 0.684. The second-order valence-electron chi connectivity index (χ2n) is 7.28. The molecule has 0 aliphatic carbocycles. The van der Waals surface area contributed by atoms with E-state index in [0.29, 0.717) is 0 Å². The highest BCUT2D eigenvalue weighted by molar-refractivity contribution is 6.23. The first-order chi connectivity index (χ1) is 14.3. The Morgan fingerprint density at radius 3 is 2.30 bits per heavy atom. The van der Waals surface area contributed by atoms with Gasteiger partial charge in [0.15, 0.2) is 0 Å². The lowest BCUT2D eigenvalue weighted by molar-refractivity contribution is -0.136. The number of nitrogens with one attached hydrogen (secondary N) is 1. The molecule has 154 valence electrons. The highest BCUT2D eigenvalue weighted by atomic mass is 19.1. The van der Waals surface area contributed by atoms with Crippen LogP contribution in [0.1, 0.15) is 39.1 Å². The third-order valence-corrected chi connectivity index (χ3v) is 5.25. The van der Waals surface area contributed by atoms with Crippen LogP contribution < -0.4 is 10.2 Å². The number of hydrogen-bond donors (Lipinski definition) is 1. The van der Waals surface area contributed by atoms with Gasteiger partial charge in [-0.25, -0.2) is 8.78 Å². The minimum absolute atomic E-state index is 0.00380. The summed E-state index contributed by atoms with van der Waals surface area (Å²) in [6.07, 6.45) is 0.0276. The van der Waals surface area contributed by atoms with Crippen molar-refractivity contribution >= 4 is 29.3 Å². The van der Waals surface area contributed by atoms with Gasteiger partial charge in [-0.3, -0.25) is 29.4 Å². The Morgan fingerprint density at radius 1 is 1.03 bits per heavy atom. The number of piperidine rings is 1. The predicted molar refractivity (Wildman–Crippen MR) is 102 cm³/mol. The summed E-state index contributed by atoms with van der Waals surface area (Å²) >= 11 is 0. The van der Waals surface area contributed by atoms with Crippen molar-refractivity contribution in [2.45, 2.75) is 25.4 Å². The summed E-state index contributed by atoms with van der Waals surface area (Å²) in [6, 6.07) is 6.87. The molecule has 0 radical (unpaired) electrons. The summed E-state index contributed by atoms with van der Waals surface area (Å²) in [7, 11) is 1.60. The Bertz CT molecular complexity index is 1080. The second kappa shape index (κ2) is 7.33. The summed E-state index contributed by atoms with van der Waals surface area (Å²) in [5.74, 6) is -3.76. The Balaban J connectivity index is 1.62. The van der Waals surface area contributed by atoms with E-state index in [-0.39, 0.29) is 42.0 Å². The zero-order valence-electron chi connectivity index (χ0n) is 15.9. The van der Waals surface area contributed by atoms with Crippen molar-refractivity contribution in [3.05, 3.63) is 64.7 Å². The molecule has 1 unspecified atom stereocenters. The molecule has 2 aliphatic heterocycles. The van der Waals surface area contributed by atoms with E-state index >= 15 is 0 Å². The zero-order valence-corrected chi connectivity index (χ0v) is 15.9. The molecule has 2 aliphatic rings. The van der Waals surface area contributed by atoms with Crippen LogP contribution in [0.2, 0.25) is 0 Å². The van der Waals surface area contributed by atoms with Crippen LogP contribution in [-0.4, -0.2) is 41.6 Å². The molecule has 2 aromatic rings. The largest absolute Gasteiger partial charge is 0.368 e. The molecule has 7 nitrogen and oxygen atoms in total. The minimum Gasteiger partial charge on any atom is -0.368 e. The fraction of sp³-hybridized carbons (Fsp3) is 0.238. The molecule has 4 rings (SSSR count). The van der Waals surface area contributed by atoms with Crippen LogP contribution in [0.4, 0.5) is 14.5 Å². The van der Waals surface area contributed by atoms with Crippen LogP contribution in [0.25, 0.3) is 0 Å². The van der Waals surface area contributed by atoms with Crippen molar-refractivity contribution in [1.29, 1.82) is 0 Å². The van der Waals surface area contributed by atoms with Crippen LogP contribution in [-0.2, 0) is 16.1 Å². The number of hydrogen-bond acceptors (Lipinski definition) is 5. The van der Waals surface area contributed by atoms with E-state index in [9.17, 15) is 28.0 Å². The molecule has 1 saturated heterocycles. The number of fused-ring (bicyclic) bond motifs is 1. The van der Waals surface area contributed by atoms with Crippen LogP contribution in [0.15, 0.2) is 36.4 Å². The average Bonchev–Trinajstić information content (AvgIpc) is 2.93. The first-order valence-electron chi connectivity index (χ1n) is 9.27. The lowest BCUT2D eigenvalue weighted by Crippen LogP contribution is -2.54. The summed E-state index contributed by atoms with van der Waals surface area (Å²) in [6.45, 7) is 0.245. The zero-order chi connectivity index (χ0) is 21.6. The topological polar surface area (TPSA) is 86.8 Å². The third kappa shape index (κ3) is 3.32. The van der Waals surface area contributed by atoms with Crippen LogP contribution in [0.5, 0.6) is 0 Å². The molecule has 2 heterocycles. The lowest BCUT2D eigenvalue weighted by Gasteiger charge is -2.27. The summed E-state index contributed by atoms with van der Waals surface area (Å²) < 4.78 is 27.8. The maximum atomic E-state index is 14.8. The Hall–Kier alpha value is -3.62. The number of imide groups is 2. The number of carbonyl (C=O) groups excluding carboxylic acids is 4. The number of rotatable bonds is 4. The fourth-order valence-corrected chi connectivity index (χ4v) is 3.72. The van der Waals surface area contributed by atoms with E-state index < -0.39 is 35.5 Å². The normalized spacial score (nSPS) is 18.5. The molecule has 0 saturated carbocycles. The van der Waals surface area contributed by atoms with Gasteiger partial charge in [-0.05, 0) is 36.2 Å². The molecule has 30 heavy (non-hydrogen) atoms. The van der Waals surface area contributed by atoms with E-state index in [1.54, 1.807) is 19.2 Å². The molecular weight excluding hydrogens is 396 g/mol. The maximum Gasteiger partial charge on any atom is 0.262 e. The highest BCUT2D eigenvalue weighted by Gasteiger charge is 2.45. The molecule has 0 aromatic heterocycles. The van der Waals surface area contributed by atoms with E-state index in [1.165, 1.54) is 23.1 Å². The highest BCUT2D eigenvalue weighted by Crippen LogP contribution is 2.32. The van der Waals surface area contributed by atoms with Gasteiger partial charge in [0, 0.05) is 20.0 Å². The number of carbonyl (C=O) groups is 4. The van der Waals surface area contributed by atoms with Crippen molar-refractivity contribution in [3.63, 3.8) is 0 Å². The van der Waals surface area contributed by atoms with Gasteiger partial charge in [0.05, 0.1) is 16.8 Å². The first-order valence-corrected chi connectivity index (χ1v) is 9.27. The third-order valence-electron chi connectivity index (χ3n) is 5.25. The van der Waals surface area contributed by atoms with Crippen LogP contribution >= 0.6 is 0 Å². The average molecular weight is 413 g/mol. The minimum atomic E-state index is -1.11. The number of amides is 4. The van der Waals surface area contributed by atoms with Gasteiger partial charge < -0.3 is 4.90 Å². The van der Waals surface area contributed by atoms with E-state index in [2.05, 4.69) is 5.32 Å². The summed E-state index contributed by atoms with van der Waals surface area (Å²) in [5, 5.41) is 2.11. The van der Waals surface area contributed by atoms with E-state index in [0.717, 1.165) is 16.5 Å². The molecule has 0 bridgehead atoms. The van der Waals surface area contributed by atoms with Crippen molar-refractivity contribution in [3.8, 4) is 0 Å². The van der Waals surface area contributed by atoms with Gasteiger partial charge in [0.1, 0.15) is 17.7 Å². The number of halogens is 2. The van der Waals surface area contributed by atoms with Gasteiger partial charge in [0.25, 0.3) is 11.8 Å². The standard InChI is InChI=1S/C21H17F2N3O4/c1-25(10-11-2-4-12(22)5-3-11)17-9-14-13(8-15(17)23)20(29)26(21(14)30)16-6-7-18(27)24-19(16)28/h2-5,8-9,16H,6-7,10H2,1H3,(H,24,27,28). The molecular formula is C21H17F2N3O4. The lowest BCUT2D eigenvalue weighted by atomic mass is 10.0. The first kappa shape index (κ1) is 19.7. The molecule has 2 aromatic carbocycles. The molecule has 1 atom stereocenters. The van der Waals surface area contributed by atoms with Crippen molar-refractivity contribution in [2.75, 3.05) is 11.9 Å². The predicted octanol–water partition coefficient (Wildman–Crippen LogP) is 2.00. The smallest absolute Gasteiger partial charge is 0.262 e. The van der Waals surface area contributed by atoms with Crippen LogP contribution in [0, 0.1) is 11.6 Å². The van der Waals surface area contributed by atoms with E-state index in [1.807, 2.05) is 0 Å². The van der Waals surface area contributed by atoms with Crippen molar-refractivity contribution in [2.24, 2.45) is 0 Å². The Kier molecular flexibility index (Phi) is 4.81. The SMILES string of the molecule is CN(Cc1ccc(F)cc1)c1cc2c(cc1F)C(=O)N(C1CCC(=O)NC1=O)C2=O. The molecule has 0 spiro atoms. The fourth-order valence-electron chi connectivity index (χ4n) is 3.72. The maximum absolute atomic E-state index is 14.8. The van der Waals surface area contributed by atoms with Gasteiger partial charge in [0.2, 0.25) is 11.8 Å². The van der Waals surface area contributed by atoms with Gasteiger partial charge in [-0.1, -0.05) is 12.1 Å². The Morgan fingerprint density at radius 2 is 1.67 bits per heavy atom. The number of anilines is 1. The van der Waals surface area contributed by atoms with Crippen molar-refractivity contribution in [1.82, 2.24) is 10.2 Å². The molecule has 1 N–H and O–H groups in total.